The van der Waals surface area contributed by atoms with Crippen LogP contribution in [0.5, 0.6) is 5.75 Å². The van der Waals surface area contributed by atoms with Crippen LogP contribution in [0.25, 0.3) is 10.9 Å². The number of methoxy groups -OCH3 is 2. The van der Waals surface area contributed by atoms with E-state index in [2.05, 4.69) is 26.3 Å². The molecule has 0 aliphatic carbocycles. The maximum atomic E-state index is 14.5. The van der Waals surface area contributed by atoms with Gasteiger partial charge in [-0.3, -0.25) is 43.3 Å². The van der Waals surface area contributed by atoms with Crippen molar-refractivity contribution in [2.24, 2.45) is 5.92 Å². The highest BCUT2D eigenvalue weighted by Gasteiger charge is 2.45. The fourth-order valence-corrected chi connectivity index (χ4v) is 7.54. The van der Waals surface area contributed by atoms with Crippen LogP contribution in [0, 0.1) is 17.6 Å². The Hall–Kier alpha value is -7.31. The fraction of sp³-hybridized carbons (Fsp3) is 0.356. The van der Waals surface area contributed by atoms with Crippen molar-refractivity contribution < 1.29 is 61.3 Å². The number of hydrogen-bond acceptors (Lipinski definition) is 12. The third kappa shape index (κ3) is 10.5. The van der Waals surface area contributed by atoms with Gasteiger partial charge in [0.05, 0.1) is 38.3 Å². The molecule has 0 fully saturated rings. The van der Waals surface area contributed by atoms with E-state index in [1.807, 2.05) is 12.1 Å². The van der Waals surface area contributed by atoms with Gasteiger partial charge in [0.15, 0.2) is 23.2 Å². The minimum absolute atomic E-state index is 0.0294. The number of carbonyl (C=O) groups is 8. The number of rotatable bonds is 17. The van der Waals surface area contributed by atoms with Gasteiger partial charge < -0.3 is 35.5 Å². The largest absolute Gasteiger partial charge is 0.480 e. The Balaban J connectivity index is 1.19. The first-order valence-electron chi connectivity index (χ1n) is 20.3. The summed E-state index contributed by atoms with van der Waals surface area (Å²) in [5.41, 5.74) is 2.28. The molecule has 0 radical (unpaired) electrons. The molecule has 6 rings (SSSR count). The molecule has 2 aliphatic rings. The predicted molar refractivity (Wildman–Crippen MR) is 223 cm³/mol. The molecular formula is C45H46F2N6O11. The van der Waals surface area contributed by atoms with Crippen LogP contribution in [0.2, 0.25) is 0 Å². The van der Waals surface area contributed by atoms with E-state index < -0.39 is 120 Å². The van der Waals surface area contributed by atoms with Gasteiger partial charge in [-0.2, -0.15) is 0 Å². The number of aryl methyl sites for hydroxylation is 1. The molecule has 64 heavy (non-hydrogen) atoms. The minimum atomic E-state index is -1.61. The van der Waals surface area contributed by atoms with Crippen LogP contribution in [-0.4, -0.2) is 103 Å². The number of esters is 2. The summed E-state index contributed by atoms with van der Waals surface area (Å²) >= 11 is 0. The van der Waals surface area contributed by atoms with Gasteiger partial charge in [-0.05, 0) is 54.2 Å². The van der Waals surface area contributed by atoms with Crippen molar-refractivity contribution in [3.05, 3.63) is 101 Å². The Morgan fingerprint density at radius 3 is 2.12 bits per heavy atom. The highest BCUT2D eigenvalue weighted by molar-refractivity contribution is 6.09. The molecule has 19 heteroatoms. The summed E-state index contributed by atoms with van der Waals surface area (Å²) in [5, 5.41) is 11.1. The molecule has 0 bridgehead atoms. The molecule has 5 atom stereocenters. The fourth-order valence-electron chi connectivity index (χ4n) is 7.54. The second-order valence-corrected chi connectivity index (χ2v) is 15.5. The van der Waals surface area contributed by atoms with E-state index in [0.717, 1.165) is 37.8 Å². The Morgan fingerprint density at radius 1 is 0.781 bits per heavy atom. The number of nitrogens with zero attached hydrogens (tertiary/aromatic N) is 2. The Labute approximate surface area is 365 Å². The van der Waals surface area contributed by atoms with Crippen LogP contribution >= 0.6 is 0 Å². The molecule has 1 aromatic heterocycles. The number of amides is 5. The first-order chi connectivity index (χ1) is 30.6. The topological polar surface area (TPSA) is 228 Å². The third-order valence-corrected chi connectivity index (χ3v) is 10.9. The number of para-hydroxylation sites is 3. The molecule has 3 aromatic carbocycles. The van der Waals surface area contributed by atoms with Crippen molar-refractivity contribution >= 4 is 63.8 Å². The van der Waals surface area contributed by atoms with Gasteiger partial charge in [-0.25, -0.2) is 13.8 Å². The molecule has 0 spiro atoms. The van der Waals surface area contributed by atoms with E-state index in [9.17, 15) is 47.1 Å². The number of fused-ring (bicyclic) bond motifs is 1. The number of hydrogen-bond donors (Lipinski definition) is 4. The number of aromatic nitrogens is 1. The number of Topliss-reactive ketones (excluding diaryl/α,β-unsaturated/α-hetero) is 1. The van der Waals surface area contributed by atoms with Gasteiger partial charge in [0.1, 0.15) is 42.5 Å². The maximum Gasteiger partial charge on any atom is 0.308 e. The molecule has 1 unspecified atom stereocenters. The number of carbonyl (C=O) groups excluding carboxylic acids is 8. The smallest absolute Gasteiger partial charge is 0.308 e. The van der Waals surface area contributed by atoms with Crippen molar-refractivity contribution in [1.82, 2.24) is 26.3 Å². The van der Waals surface area contributed by atoms with Crippen molar-refractivity contribution in [2.75, 3.05) is 25.7 Å². The normalized spacial score (nSPS) is 16.7. The summed E-state index contributed by atoms with van der Waals surface area (Å²) in [6.07, 6.45) is -1.09. The number of anilines is 1. The molecule has 0 saturated heterocycles. The number of ketones is 1. The zero-order valence-electron chi connectivity index (χ0n) is 35.3. The van der Waals surface area contributed by atoms with Crippen molar-refractivity contribution in [3.8, 4) is 5.75 Å². The molecule has 17 nitrogen and oxygen atoms in total. The van der Waals surface area contributed by atoms with Gasteiger partial charge in [0, 0.05) is 11.8 Å². The summed E-state index contributed by atoms with van der Waals surface area (Å²) in [6.45, 7) is 2.39. The summed E-state index contributed by atoms with van der Waals surface area (Å²) in [7, 11) is 2.15. The lowest BCUT2D eigenvalue weighted by Gasteiger charge is -2.30. The molecule has 3 heterocycles. The zero-order valence-corrected chi connectivity index (χ0v) is 35.3. The average Bonchev–Trinajstić information content (AvgIpc) is 3.62. The molecule has 336 valence electrons. The number of pyridine rings is 1. The summed E-state index contributed by atoms with van der Waals surface area (Å²) in [6, 6.07) is 11.5. The van der Waals surface area contributed by atoms with E-state index in [-0.39, 0.29) is 25.0 Å². The number of benzene rings is 3. The van der Waals surface area contributed by atoms with Gasteiger partial charge in [0.25, 0.3) is 5.91 Å². The SMILES string of the molecule is COC(=O)CC(NC(=O)[C@@H]1Cc2cccc3c2N1C(=O)[C@@H](NC(=O)[C@H](CC(=O)OC)NC(=O)[C@@H](NC(=O)c1ccc2ccccc2n1)C(C)C)CC3)C(=O)COc1c(F)cccc1F. The molecule has 5 amide bonds. The highest BCUT2D eigenvalue weighted by Crippen LogP contribution is 2.39. The van der Waals surface area contributed by atoms with Crippen LogP contribution in [-0.2, 0) is 55.9 Å². The number of halogens is 2. The van der Waals surface area contributed by atoms with Gasteiger partial charge >= 0.3 is 11.9 Å². The second kappa shape index (κ2) is 20.3. The minimum Gasteiger partial charge on any atom is -0.480 e. The first-order valence-corrected chi connectivity index (χ1v) is 20.3. The van der Waals surface area contributed by atoms with Crippen LogP contribution in [0.4, 0.5) is 14.5 Å². The summed E-state index contributed by atoms with van der Waals surface area (Å²) < 4.78 is 43.1. The molecule has 0 saturated carbocycles. The van der Waals surface area contributed by atoms with Crippen LogP contribution in [0.15, 0.2) is 72.8 Å². The predicted octanol–water partition coefficient (Wildman–Crippen LogP) is 2.40. The van der Waals surface area contributed by atoms with Gasteiger partial charge in [-0.1, -0.05) is 62.4 Å². The Bertz CT molecular complexity index is 2480. The zero-order chi connectivity index (χ0) is 46.2. The Kier molecular flexibility index (Phi) is 14.6. The monoisotopic (exact) mass is 884 g/mol. The average molecular weight is 885 g/mol. The molecule has 4 aromatic rings. The van der Waals surface area contributed by atoms with E-state index >= 15 is 0 Å². The van der Waals surface area contributed by atoms with Crippen molar-refractivity contribution in [2.45, 2.75) is 76.2 Å². The highest BCUT2D eigenvalue weighted by atomic mass is 19.1. The third-order valence-electron chi connectivity index (χ3n) is 10.9. The van der Waals surface area contributed by atoms with Crippen LogP contribution < -0.4 is 30.9 Å². The number of ether oxygens (including phenoxy) is 3. The van der Waals surface area contributed by atoms with E-state index in [1.165, 1.54) is 11.0 Å². The van der Waals surface area contributed by atoms with Crippen LogP contribution in [0.3, 0.4) is 0 Å². The van der Waals surface area contributed by atoms with Crippen molar-refractivity contribution in [3.63, 3.8) is 0 Å². The van der Waals surface area contributed by atoms with E-state index in [0.29, 0.717) is 22.3 Å². The van der Waals surface area contributed by atoms with E-state index in [4.69, 9.17) is 14.2 Å². The first kappa shape index (κ1) is 46.2. The summed E-state index contributed by atoms with van der Waals surface area (Å²) in [4.78, 5) is 114. The molecule has 2 aliphatic heterocycles. The quantitative estimate of drug-likeness (QED) is 0.112. The second-order valence-electron chi connectivity index (χ2n) is 15.5. The number of nitrogens with one attached hydrogen (secondary N) is 4. The maximum absolute atomic E-state index is 14.5. The lowest BCUT2D eigenvalue weighted by atomic mass is 10.0. The summed E-state index contributed by atoms with van der Waals surface area (Å²) in [5.74, 6) is -10.2. The lowest BCUT2D eigenvalue weighted by Crippen LogP contribution is -2.60. The van der Waals surface area contributed by atoms with Gasteiger partial charge in [-0.15, -0.1) is 0 Å². The standard InChI is InChI=1S/C45H46F2N6O11/c1-23(2)38(52-41(57)30-17-15-24-9-5-6-14-29(24)48-30)44(60)51-33(21-37(56)63-4)42(58)49-31-18-16-25-10-7-11-26-19-34(53(39(25)26)45(31)61)43(59)50-32(20-36(55)62-3)35(54)22-64-40-27(46)12-8-13-28(40)47/h5-15,17,23,31-34,38H,16,18-22H2,1-4H3,(H,49,58)(H,50,59)(H,51,60)(H,52,57)/t31-,32?,33-,34-,38-/m0/s1. The van der Waals surface area contributed by atoms with Gasteiger partial charge in [0.2, 0.25) is 23.6 Å². The molecular weight excluding hydrogens is 839 g/mol. The van der Waals surface area contributed by atoms with Crippen molar-refractivity contribution in [1.29, 1.82) is 0 Å². The van der Waals surface area contributed by atoms with E-state index in [1.54, 1.807) is 50.2 Å². The molecule has 4 N–H and O–H groups in total. The lowest BCUT2D eigenvalue weighted by molar-refractivity contribution is -0.144. The van der Waals surface area contributed by atoms with Crippen LogP contribution in [0.1, 0.15) is 54.7 Å². The Morgan fingerprint density at radius 2 is 1.44 bits per heavy atom.